The second-order valence-corrected chi connectivity index (χ2v) is 7.22. The molecular formula is C19H14ClN3O3S. The van der Waals surface area contributed by atoms with Crippen molar-refractivity contribution in [3.63, 3.8) is 0 Å². The van der Waals surface area contributed by atoms with Crippen molar-refractivity contribution in [2.75, 3.05) is 7.11 Å². The average molecular weight is 400 g/mol. The van der Waals surface area contributed by atoms with E-state index >= 15 is 0 Å². The average Bonchev–Trinajstić information content (AvgIpc) is 3.21. The number of fused-ring (bicyclic) bond motifs is 1. The molecule has 0 aliphatic heterocycles. The van der Waals surface area contributed by atoms with E-state index in [1.165, 1.54) is 7.11 Å². The van der Waals surface area contributed by atoms with Crippen LogP contribution in [0, 0.1) is 6.92 Å². The first kappa shape index (κ1) is 17.5. The monoisotopic (exact) mass is 399 g/mol. The zero-order valence-corrected chi connectivity index (χ0v) is 16.0. The lowest BCUT2D eigenvalue weighted by Gasteiger charge is -2.08. The molecule has 3 aromatic heterocycles. The van der Waals surface area contributed by atoms with Crippen molar-refractivity contribution in [3.8, 4) is 27.6 Å². The molecule has 1 N–H and O–H groups in total. The zero-order chi connectivity index (χ0) is 19.1. The summed E-state index contributed by atoms with van der Waals surface area (Å²) in [6.07, 6.45) is 1.84. The van der Waals surface area contributed by atoms with Crippen LogP contribution in [0.15, 0.2) is 42.6 Å². The number of aromatic nitrogens is 3. The van der Waals surface area contributed by atoms with Crippen LogP contribution >= 0.6 is 22.9 Å². The second kappa shape index (κ2) is 6.68. The fraction of sp³-hybridized carbons (Fsp3) is 0.105. The van der Waals surface area contributed by atoms with Crippen LogP contribution in [0.25, 0.3) is 27.3 Å². The fourth-order valence-electron chi connectivity index (χ4n) is 3.03. The highest BCUT2D eigenvalue weighted by molar-refractivity contribution is 7.17. The lowest BCUT2D eigenvalue weighted by Crippen LogP contribution is -1.97. The SMILES string of the molecule is COc1cccc(Cl)c1-c1nc(-c2c(C)nn3ccccc23)sc1C(=O)O. The lowest BCUT2D eigenvalue weighted by molar-refractivity contribution is 0.0702. The number of thiazole rings is 1. The molecule has 8 heteroatoms. The minimum Gasteiger partial charge on any atom is -0.496 e. The Labute approximate surface area is 163 Å². The number of rotatable bonds is 4. The number of carbonyl (C=O) groups is 1. The Balaban J connectivity index is 2.01. The summed E-state index contributed by atoms with van der Waals surface area (Å²) in [4.78, 5) is 16.7. The molecule has 6 nitrogen and oxygen atoms in total. The van der Waals surface area contributed by atoms with Gasteiger partial charge < -0.3 is 9.84 Å². The molecule has 3 heterocycles. The van der Waals surface area contributed by atoms with Crippen LogP contribution < -0.4 is 4.74 Å². The normalized spacial score (nSPS) is 11.1. The number of hydrogen-bond donors (Lipinski definition) is 1. The first-order valence-corrected chi connectivity index (χ1v) is 9.22. The van der Waals surface area contributed by atoms with Crippen molar-refractivity contribution in [1.29, 1.82) is 0 Å². The summed E-state index contributed by atoms with van der Waals surface area (Å²) < 4.78 is 7.13. The van der Waals surface area contributed by atoms with Crippen LogP contribution in [0.4, 0.5) is 0 Å². The number of hydrogen-bond acceptors (Lipinski definition) is 5. The van der Waals surface area contributed by atoms with Gasteiger partial charge >= 0.3 is 5.97 Å². The predicted molar refractivity (Wildman–Crippen MR) is 105 cm³/mol. The van der Waals surface area contributed by atoms with Crippen molar-refractivity contribution in [2.24, 2.45) is 0 Å². The molecule has 4 aromatic rings. The minimum absolute atomic E-state index is 0.103. The van der Waals surface area contributed by atoms with Crippen LogP contribution in [-0.4, -0.2) is 32.8 Å². The van der Waals surface area contributed by atoms with E-state index in [0.29, 0.717) is 27.0 Å². The zero-order valence-electron chi connectivity index (χ0n) is 14.4. The van der Waals surface area contributed by atoms with Gasteiger partial charge in [0.25, 0.3) is 0 Å². The molecule has 0 spiro atoms. The van der Waals surface area contributed by atoms with E-state index in [1.54, 1.807) is 22.7 Å². The van der Waals surface area contributed by atoms with Crippen LogP contribution in [-0.2, 0) is 0 Å². The van der Waals surface area contributed by atoms with E-state index < -0.39 is 5.97 Å². The summed E-state index contributed by atoms with van der Waals surface area (Å²) in [5, 5.41) is 15.2. The first-order chi connectivity index (χ1) is 13.0. The topological polar surface area (TPSA) is 76.7 Å². The van der Waals surface area contributed by atoms with Crippen molar-refractivity contribution >= 4 is 34.4 Å². The van der Waals surface area contributed by atoms with Crippen molar-refractivity contribution in [3.05, 3.63) is 58.2 Å². The van der Waals surface area contributed by atoms with E-state index in [-0.39, 0.29) is 4.88 Å². The maximum Gasteiger partial charge on any atom is 0.348 e. The largest absolute Gasteiger partial charge is 0.496 e. The highest BCUT2D eigenvalue weighted by Crippen LogP contribution is 2.42. The Kier molecular flexibility index (Phi) is 4.33. The summed E-state index contributed by atoms with van der Waals surface area (Å²) in [7, 11) is 1.51. The smallest absolute Gasteiger partial charge is 0.348 e. The number of aryl methyl sites for hydroxylation is 1. The summed E-state index contributed by atoms with van der Waals surface area (Å²) in [6, 6.07) is 10.9. The molecule has 1 aromatic carbocycles. The molecule has 0 amide bonds. The van der Waals surface area contributed by atoms with Crippen LogP contribution in [0.5, 0.6) is 5.75 Å². The van der Waals surface area contributed by atoms with E-state index in [2.05, 4.69) is 10.1 Å². The van der Waals surface area contributed by atoms with Gasteiger partial charge in [-0.15, -0.1) is 11.3 Å². The van der Waals surface area contributed by atoms with Gasteiger partial charge in [-0.2, -0.15) is 5.10 Å². The molecule has 0 atom stereocenters. The number of methoxy groups -OCH3 is 1. The number of nitrogens with zero attached hydrogens (tertiary/aromatic N) is 3. The van der Waals surface area contributed by atoms with E-state index in [9.17, 15) is 9.90 Å². The Morgan fingerprint density at radius 2 is 2.04 bits per heavy atom. The van der Waals surface area contributed by atoms with Gasteiger partial charge in [0.15, 0.2) is 0 Å². The van der Waals surface area contributed by atoms with Gasteiger partial charge in [-0.25, -0.2) is 14.3 Å². The molecule has 0 saturated heterocycles. The van der Waals surface area contributed by atoms with Gasteiger partial charge in [0.05, 0.1) is 34.5 Å². The number of aromatic carboxylic acids is 1. The number of pyridine rings is 1. The molecule has 136 valence electrons. The van der Waals surface area contributed by atoms with Gasteiger partial charge in [-0.05, 0) is 31.2 Å². The standard InChI is InChI=1S/C19H14ClN3O3S/c1-10-14(12-7-3-4-9-23(12)22-10)18-21-16(17(27-18)19(24)25)15-11(20)6-5-8-13(15)26-2/h3-9H,1-2H3,(H,24,25). The van der Waals surface area contributed by atoms with Crippen LogP contribution in [0.2, 0.25) is 5.02 Å². The predicted octanol–water partition coefficient (Wildman–Crippen LogP) is 4.79. The summed E-state index contributed by atoms with van der Waals surface area (Å²) in [6.45, 7) is 1.87. The van der Waals surface area contributed by atoms with E-state index in [1.807, 2.05) is 31.3 Å². The van der Waals surface area contributed by atoms with E-state index in [0.717, 1.165) is 28.1 Å². The van der Waals surface area contributed by atoms with Gasteiger partial charge in [0.2, 0.25) is 0 Å². The third kappa shape index (κ3) is 2.85. The van der Waals surface area contributed by atoms with Crippen molar-refractivity contribution in [1.82, 2.24) is 14.6 Å². The number of benzene rings is 1. The molecular weight excluding hydrogens is 386 g/mol. The lowest BCUT2D eigenvalue weighted by atomic mass is 10.1. The second-order valence-electron chi connectivity index (χ2n) is 5.81. The first-order valence-electron chi connectivity index (χ1n) is 8.02. The molecule has 27 heavy (non-hydrogen) atoms. The molecule has 0 fully saturated rings. The summed E-state index contributed by atoms with van der Waals surface area (Å²) >= 11 is 7.45. The van der Waals surface area contributed by atoms with Crippen LogP contribution in [0.3, 0.4) is 0 Å². The maximum absolute atomic E-state index is 11.9. The fourth-order valence-corrected chi connectivity index (χ4v) is 4.30. The van der Waals surface area contributed by atoms with Gasteiger partial charge in [-0.3, -0.25) is 0 Å². The van der Waals surface area contributed by atoms with Gasteiger partial charge in [0, 0.05) is 6.20 Å². The molecule has 0 radical (unpaired) electrons. The third-order valence-electron chi connectivity index (χ3n) is 4.18. The molecule has 0 unspecified atom stereocenters. The maximum atomic E-state index is 11.9. The molecule has 0 aliphatic rings. The molecule has 0 bridgehead atoms. The number of carboxylic acid groups (broad SMARTS) is 1. The number of halogens is 1. The highest BCUT2D eigenvalue weighted by Gasteiger charge is 2.26. The molecule has 0 saturated carbocycles. The van der Waals surface area contributed by atoms with Crippen LogP contribution in [0.1, 0.15) is 15.4 Å². The summed E-state index contributed by atoms with van der Waals surface area (Å²) in [5.41, 5.74) is 3.19. The molecule has 4 rings (SSSR count). The Bertz CT molecular complexity index is 1180. The molecule has 0 aliphatic carbocycles. The van der Waals surface area contributed by atoms with Gasteiger partial charge in [-0.1, -0.05) is 23.7 Å². The number of carboxylic acids is 1. The van der Waals surface area contributed by atoms with Crippen molar-refractivity contribution in [2.45, 2.75) is 6.92 Å². The van der Waals surface area contributed by atoms with E-state index in [4.69, 9.17) is 16.3 Å². The Morgan fingerprint density at radius 3 is 2.78 bits per heavy atom. The quantitative estimate of drug-likeness (QED) is 0.533. The van der Waals surface area contributed by atoms with Crippen molar-refractivity contribution < 1.29 is 14.6 Å². The number of ether oxygens (including phenoxy) is 1. The Morgan fingerprint density at radius 1 is 1.22 bits per heavy atom. The third-order valence-corrected chi connectivity index (χ3v) is 5.56. The Hall–Kier alpha value is -2.90. The van der Waals surface area contributed by atoms with Gasteiger partial charge in [0.1, 0.15) is 21.3 Å². The summed E-state index contributed by atoms with van der Waals surface area (Å²) in [5.74, 6) is -0.594. The highest BCUT2D eigenvalue weighted by atomic mass is 35.5. The minimum atomic E-state index is -1.06.